The molecule has 1 amide bonds. The highest BCUT2D eigenvalue weighted by molar-refractivity contribution is 7.16. The molecule has 2 aliphatic carbocycles. The maximum absolute atomic E-state index is 12.6. The van der Waals surface area contributed by atoms with Crippen LogP contribution in [0.4, 0.5) is 5.82 Å². The fourth-order valence-corrected chi connectivity index (χ4v) is 5.62. The average molecular weight is 525 g/mol. The predicted octanol–water partition coefficient (Wildman–Crippen LogP) is 2.17. The number of aliphatic hydroxyl groups excluding tert-OH is 1. The molecule has 11 heteroatoms. The lowest BCUT2D eigenvalue weighted by atomic mass is 9.91. The summed E-state index contributed by atoms with van der Waals surface area (Å²) >= 11 is 7.36. The topological polar surface area (TPSA) is 125 Å². The molecule has 3 heterocycles. The van der Waals surface area contributed by atoms with Crippen LogP contribution in [0.5, 0.6) is 0 Å². The molecule has 0 aromatic carbocycles. The lowest BCUT2D eigenvalue weighted by molar-refractivity contribution is -0.143. The van der Waals surface area contributed by atoms with Crippen LogP contribution in [0.2, 0.25) is 4.34 Å². The summed E-state index contributed by atoms with van der Waals surface area (Å²) in [6.07, 6.45) is 8.13. The number of aliphatic hydroxyl groups is 2. The molecule has 0 radical (unpaired) electrons. The number of carbonyl (C=O) groups is 1. The summed E-state index contributed by atoms with van der Waals surface area (Å²) in [6.45, 7) is 0.738. The number of nitrogens with one attached hydrogen (secondary N) is 2. The van der Waals surface area contributed by atoms with E-state index in [1.807, 2.05) is 6.07 Å². The SMILES string of the molecule is C#CCC1C[C@@](O)(n2cnc3c(NCC4CC4)nc(C#Cc4ccc(Cl)s4)nc32)[C@H](O)[C@H]1C(=O)NC. The molecule has 0 bridgehead atoms. The number of nitrogens with zero attached hydrogens (tertiary/aromatic N) is 4. The van der Waals surface area contributed by atoms with Crippen LogP contribution in [0.3, 0.4) is 0 Å². The summed E-state index contributed by atoms with van der Waals surface area (Å²) in [5, 5.41) is 28.8. The number of hydrogen-bond acceptors (Lipinski definition) is 8. The molecule has 0 aliphatic heterocycles. The van der Waals surface area contributed by atoms with Crippen molar-refractivity contribution in [2.45, 2.75) is 37.5 Å². The second-order valence-corrected chi connectivity index (χ2v) is 10.9. The molecule has 2 saturated carbocycles. The Labute approximate surface area is 217 Å². The van der Waals surface area contributed by atoms with Gasteiger partial charge in [0, 0.05) is 26.4 Å². The highest BCUT2D eigenvalue weighted by atomic mass is 35.5. The lowest BCUT2D eigenvalue weighted by Crippen LogP contribution is -2.46. The summed E-state index contributed by atoms with van der Waals surface area (Å²) in [5.41, 5.74) is -1.10. The van der Waals surface area contributed by atoms with Crippen molar-refractivity contribution in [1.29, 1.82) is 0 Å². The van der Waals surface area contributed by atoms with Crippen LogP contribution in [-0.2, 0) is 10.5 Å². The zero-order chi connectivity index (χ0) is 25.4. The highest BCUT2D eigenvalue weighted by Gasteiger charge is 2.56. The van der Waals surface area contributed by atoms with Crippen molar-refractivity contribution in [1.82, 2.24) is 24.8 Å². The molecule has 3 aromatic rings. The van der Waals surface area contributed by atoms with E-state index in [9.17, 15) is 15.0 Å². The van der Waals surface area contributed by atoms with Crippen LogP contribution >= 0.6 is 22.9 Å². The molecular weight excluding hydrogens is 500 g/mol. The quantitative estimate of drug-likeness (QED) is 0.364. The normalized spacial score (nSPS) is 25.2. The van der Waals surface area contributed by atoms with Gasteiger partial charge in [0.1, 0.15) is 6.10 Å². The van der Waals surface area contributed by atoms with E-state index >= 15 is 0 Å². The van der Waals surface area contributed by atoms with Crippen molar-refractivity contribution in [3.63, 3.8) is 0 Å². The van der Waals surface area contributed by atoms with E-state index in [2.05, 4.69) is 43.3 Å². The summed E-state index contributed by atoms with van der Waals surface area (Å²) in [4.78, 5) is 27.0. The summed E-state index contributed by atoms with van der Waals surface area (Å²) in [6, 6.07) is 3.58. The fourth-order valence-electron chi connectivity index (χ4n) is 4.72. The second-order valence-electron chi connectivity index (χ2n) is 9.20. The fraction of sp³-hybridized carbons (Fsp3) is 0.440. The van der Waals surface area contributed by atoms with Crippen LogP contribution < -0.4 is 10.6 Å². The largest absolute Gasteiger partial charge is 0.387 e. The van der Waals surface area contributed by atoms with E-state index in [0.717, 1.165) is 24.3 Å². The lowest BCUT2D eigenvalue weighted by Gasteiger charge is -2.29. The van der Waals surface area contributed by atoms with Gasteiger partial charge in [-0.3, -0.25) is 9.36 Å². The van der Waals surface area contributed by atoms with Gasteiger partial charge < -0.3 is 20.8 Å². The van der Waals surface area contributed by atoms with Gasteiger partial charge in [0.2, 0.25) is 11.7 Å². The maximum Gasteiger partial charge on any atom is 0.225 e. The van der Waals surface area contributed by atoms with Gasteiger partial charge in [-0.05, 0) is 48.7 Å². The predicted molar refractivity (Wildman–Crippen MR) is 137 cm³/mol. The van der Waals surface area contributed by atoms with E-state index in [1.165, 1.54) is 29.3 Å². The highest BCUT2D eigenvalue weighted by Crippen LogP contribution is 2.45. The number of aromatic nitrogens is 4. The van der Waals surface area contributed by atoms with Gasteiger partial charge in [-0.15, -0.1) is 23.7 Å². The van der Waals surface area contributed by atoms with Crippen molar-refractivity contribution in [3.8, 4) is 24.2 Å². The average Bonchev–Trinajstić information content (AvgIpc) is 3.34. The molecule has 0 spiro atoms. The zero-order valence-corrected chi connectivity index (χ0v) is 21.1. The molecule has 4 N–H and O–H groups in total. The maximum atomic E-state index is 12.6. The van der Waals surface area contributed by atoms with E-state index in [4.69, 9.17) is 18.0 Å². The van der Waals surface area contributed by atoms with Gasteiger partial charge in [-0.25, -0.2) is 15.0 Å². The molecule has 186 valence electrons. The van der Waals surface area contributed by atoms with Crippen LogP contribution in [-0.4, -0.2) is 55.3 Å². The van der Waals surface area contributed by atoms with Crippen LogP contribution in [0.15, 0.2) is 18.5 Å². The molecule has 0 saturated heterocycles. The third kappa shape index (κ3) is 4.54. The van der Waals surface area contributed by atoms with E-state index in [0.29, 0.717) is 27.2 Å². The molecule has 4 atom stereocenters. The minimum atomic E-state index is -1.85. The van der Waals surface area contributed by atoms with Crippen LogP contribution in [0.1, 0.15) is 36.4 Å². The minimum Gasteiger partial charge on any atom is -0.387 e. The first-order valence-corrected chi connectivity index (χ1v) is 12.9. The minimum absolute atomic E-state index is 0.0610. The molecular formula is C25H25ClN6O3S. The number of anilines is 1. The summed E-state index contributed by atoms with van der Waals surface area (Å²) < 4.78 is 2.04. The van der Waals surface area contributed by atoms with Gasteiger partial charge in [-0.2, -0.15) is 0 Å². The Balaban J connectivity index is 1.59. The number of carbonyl (C=O) groups excluding carboxylic acids is 1. The van der Waals surface area contributed by atoms with Gasteiger partial charge in [-0.1, -0.05) is 11.6 Å². The smallest absolute Gasteiger partial charge is 0.225 e. The van der Waals surface area contributed by atoms with Gasteiger partial charge in [0.25, 0.3) is 0 Å². The van der Waals surface area contributed by atoms with Crippen molar-refractivity contribution in [3.05, 3.63) is 33.5 Å². The number of imidazole rings is 1. The van der Waals surface area contributed by atoms with E-state index in [1.54, 1.807) is 6.07 Å². The van der Waals surface area contributed by atoms with Crippen molar-refractivity contribution >= 4 is 45.8 Å². The molecule has 36 heavy (non-hydrogen) atoms. The van der Waals surface area contributed by atoms with Gasteiger partial charge in [0.05, 0.1) is 21.5 Å². The molecule has 3 aromatic heterocycles. The number of rotatable bonds is 6. The Morgan fingerprint density at radius 3 is 2.83 bits per heavy atom. The van der Waals surface area contributed by atoms with Crippen LogP contribution in [0.25, 0.3) is 11.2 Å². The number of terminal acetylenes is 1. The zero-order valence-electron chi connectivity index (χ0n) is 19.5. The Bertz CT molecular complexity index is 1410. The molecule has 1 unspecified atom stereocenters. The molecule has 5 rings (SSSR count). The summed E-state index contributed by atoms with van der Waals surface area (Å²) in [5.74, 6) is 8.16. The number of fused-ring (bicyclic) bond motifs is 1. The Kier molecular flexibility index (Phi) is 6.62. The Morgan fingerprint density at radius 2 is 2.17 bits per heavy atom. The van der Waals surface area contributed by atoms with Crippen molar-refractivity contribution < 1.29 is 15.0 Å². The van der Waals surface area contributed by atoms with Crippen molar-refractivity contribution in [2.75, 3.05) is 18.9 Å². The number of amides is 1. The first-order chi connectivity index (χ1) is 17.3. The molecule has 2 aliphatic rings. The second kappa shape index (κ2) is 9.72. The monoisotopic (exact) mass is 524 g/mol. The number of thiophene rings is 1. The Morgan fingerprint density at radius 1 is 1.36 bits per heavy atom. The van der Waals surface area contributed by atoms with Gasteiger partial charge in [0.15, 0.2) is 22.7 Å². The van der Waals surface area contributed by atoms with E-state index in [-0.39, 0.29) is 24.6 Å². The van der Waals surface area contributed by atoms with Gasteiger partial charge >= 0.3 is 0 Å². The Hall–Kier alpha value is -3.15. The first kappa shape index (κ1) is 24.5. The molecule has 2 fully saturated rings. The van der Waals surface area contributed by atoms with Crippen LogP contribution in [0, 0.1) is 41.9 Å². The van der Waals surface area contributed by atoms with Crippen molar-refractivity contribution in [2.24, 2.45) is 17.8 Å². The third-order valence-electron chi connectivity index (χ3n) is 6.75. The summed E-state index contributed by atoms with van der Waals surface area (Å²) in [7, 11) is 1.49. The van der Waals surface area contributed by atoms with E-state index < -0.39 is 23.7 Å². The number of hydrogen-bond donors (Lipinski definition) is 4. The number of halogens is 1. The standard InChI is InChI=1S/C25H25ClN6O3S/c1-3-4-15-11-25(35,21(33)19(15)24(34)27-2)32-13-29-20-22(28-12-14-5-6-14)30-18(31-23(20)32)10-8-16-7-9-17(26)36-16/h1,7,9,13-15,19,21,33,35H,4-6,11-12H2,2H3,(H,27,34)(H,28,30,31)/t15?,19-,21+,25-/m0/s1. The molecule has 9 nitrogen and oxygen atoms in total. The first-order valence-electron chi connectivity index (χ1n) is 11.7. The third-order valence-corrected chi connectivity index (χ3v) is 7.90.